The predicted molar refractivity (Wildman–Crippen MR) is 59.5 cm³/mol. The minimum atomic E-state index is 0.340. The van der Waals surface area contributed by atoms with Crippen molar-refractivity contribution in [3.63, 3.8) is 0 Å². The highest BCUT2D eigenvalue weighted by Gasteiger charge is 2.20. The summed E-state index contributed by atoms with van der Waals surface area (Å²) in [6, 6.07) is 0.644. The third-order valence-electron chi connectivity index (χ3n) is 3.08. The van der Waals surface area contributed by atoms with Crippen molar-refractivity contribution >= 4 is 0 Å². The van der Waals surface area contributed by atoms with Crippen LogP contribution in [0.4, 0.5) is 0 Å². The van der Waals surface area contributed by atoms with Crippen LogP contribution < -0.4 is 5.32 Å². The lowest BCUT2D eigenvalue weighted by atomic mass is 9.99. The van der Waals surface area contributed by atoms with E-state index >= 15 is 0 Å². The lowest BCUT2D eigenvalue weighted by Crippen LogP contribution is -2.41. The number of piperidine rings is 1. The molecule has 3 heteroatoms. The van der Waals surface area contributed by atoms with Gasteiger partial charge in [-0.3, -0.25) is 0 Å². The van der Waals surface area contributed by atoms with Crippen LogP contribution in [-0.4, -0.2) is 49.3 Å². The van der Waals surface area contributed by atoms with Gasteiger partial charge < -0.3 is 15.3 Å². The van der Waals surface area contributed by atoms with E-state index in [9.17, 15) is 0 Å². The molecule has 1 aliphatic heterocycles. The number of likely N-dealkylation sites (tertiary alicyclic amines) is 1. The molecule has 0 aromatic heterocycles. The van der Waals surface area contributed by atoms with E-state index in [1.807, 2.05) is 7.05 Å². The number of rotatable bonds is 6. The maximum absolute atomic E-state index is 8.97. The molecular weight excluding hydrogens is 176 g/mol. The van der Waals surface area contributed by atoms with E-state index in [0.717, 1.165) is 13.0 Å². The summed E-state index contributed by atoms with van der Waals surface area (Å²) in [5.41, 5.74) is 0. The first-order valence-electron chi connectivity index (χ1n) is 5.88. The van der Waals surface area contributed by atoms with Gasteiger partial charge in [0.25, 0.3) is 0 Å². The molecule has 0 spiro atoms. The van der Waals surface area contributed by atoms with Crippen LogP contribution in [0, 0.1) is 0 Å². The molecule has 0 aliphatic carbocycles. The Morgan fingerprint density at radius 3 is 3.00 bits per heavy atom. The second kappa shape index (κ2) is 7.21. The Bertz CT molecular complexity index is 139. The Kier molecular flexibility index (Phi) is 6.15. The van der Waals surface area contributed by atoms with Gasteiger partial charge in [0.2, 0.25) is 0 Å². The molecule has 1 rings (SSSR count). The standard InChI is InChI=1S/C11H24N2O/c1-12-7-4-9-13-8-3-2-5-11(13)6-10-14/h11-12,14H,2-10H2,1H3. The maximum Gasteiger partial charge on any atom is 0.0445 e. The molecule has 2 N–H and O–H groups in total. The van der Waals surface area contributed by atoms with Gasteiger partial charge in [-0.15, -0.1) is 0 Å². The monoisotopic (exact) mass is 200 g/mol. The maximum atomic E-state index is 8.97. The topological polar surface area (TPSA) is 35.5 Å². The zero-order valence-corrected chi connectivity index (χ0v) is 9.34. The third kappa shape index (κ3) is 3.95. The molecular formula is C11H24N2O. The molecule has 1 saturated heterocycles. The van der Waals surface area contributed by atoms with Gasteiger partial charge in [0.1, 0.15) is 0 Å². The van der Waals surface area contributed by atoms with Gasteiger partial charge in [-0.25, -0.2) is 0 Å². The molecule has 3 nitrogen and oxygen atoms in total. The number of hydrogen-bond acceptors (Lipinski definition) is 3. The third-order valence-corrected chi connectivity index (χ3v) is 3.08. The van der Waals surface area contributed by atoms with Crippen LogP contribution >= 0.6 is 0 Å². The van der Waals surface area contributed by atoms with Gasteiger partial charge in [-0.05, 0) is 52.4 Å². The van der Waals surface area contributed by atoms with Gasteiger partial charge in [0.05, 0.1) is 0 Å². The van der Waals surface area contributed by atoms with Crippen LogP contribution in [0.2, 0.25) is 0 Å². The number of nitrogens with zero attached hydrogens (tertiary/aromatic N) is 1. The smallest absolute Gasteiger partial charge is 0.0445 e. The average molecular weight is 200 g/mol. The second-order valence-corrected chi connectivity index (χ2v) is 4.15. The van der Waals surface area contributed by atoms with Crippen molar-refractivity contribution in [2.45, 2.75) is 38.1 Å². The quantitative estimate of drug-likeness (QED) is 0.624. The van der Waals surface area contributed by atoms with Gasteiger partial charge in [0, 0.05) is 12.6 Å². The van der Waals surface area contributed by atoms with Gasteiger partial charge in [0.15, 0.2) is 0 Å². The number of nitrogens with one attached hydrogen (secondary N) is 1. The van der Waals surface area contributed by atoms with Crippen LogP contribution in [0.1, 0.15) is 32.1 Å². The SMILES string of the molecule is CNCCCN1CCCCC1CCO. The van der Waals surface area contributed by atoms with E-state index in [1.165, 1.54) is 38.8 Å². The normalized spacial score (nSPS) is 24.0. The lowest BCUT2D eigenvalue weighted by Gasteiger charge is -2.35. The summed E-state index contributed by atoms with van der Waals surface area (Å²) in [6.45, 7) is 3.86. The van der Waals surface area contributed by atoms with Gasteiger partial charge in [-0.1, -0.05) is 6.42 Å². The van der Waals surface area contributed by atoms with Gasteiger partial charge in [-0.2, -0.15) is 0 Å². The van der Waals surface area contributed by atoms with Crippen molar-refractivity contribution in [1.29, 1.82) is 0 Å². The highest BCUT2D eigenvalue weighted by Crippen LogP contribution is 2.19. The van der Waals surface area contributed by atoms with E-state index in [1.54, 1.807) is 0 Å². The summed E-state index contributed by atoms with van der Waals surface area (Å²) in [5, 5.41) is 12.1. The minimum absolute atomic E-state index is 0.340. The summed E-state index contributed by atoms with van der Waals surface area (Å²) < 4.78 is 0. The van der Waals surface area contributed by atoms with Crippen molar-refractivity contribution in [3.8, 4) is 0 Å². The predicted octanol–water partition coefficient (Wildman–Crippen LogP) is 0.833. The summed E-state index contributed by atoms with van der Waals surface area (Å²) in [7, 11) is 2.00. The largest absolute Gasteiger partial charge is 0.396 e. The number of hydrogen-bond donors (Lipinski definition) is 2. The van der Waals surface area contributed by atoms with E-state index in [-0.39, 0.29) is 0 Å². The van der Waals surface area contributed by atoms with Crippen molar-refractivity contribution < 1.29 is 5.11 Å². The molecule has 1 unspecified atom stereocenters. The van der Waals surface area contributed by atoms with E-state index in [4.69, 9.17) is 5.11 Å². The number of aliphatic hydroxyl groups excluding tert-OH is 1. The Balaban J connectivity index is 2.22. The van der Waals surface area contributed by atoms with E-state index in [2.05, 4.69) is 10.2 Å². The molecule has 0 amide bonds. The van der Waals surface area contributed by atoms with E-state index < -0.39 is 0 Å². The fourth-order valence-corrected chi connectivity index (χ4v) is 2.29. The molecule has 1 fully saturated rings. The highest BCUT2D eigenvalue weighted by molar-refractivity contribution is 4.76. The summed E-state index contributed by atoms with van der Waals surface area (Å²) in [6.07, 6.45) is 6.13. The number of aliphatic hydroxyl groups is 1. The van der Waals surface area contributed by atoms with Crippen molar-refractivity contribution in [2.24, 2.45) is 0 Å². The fraction of sp³-hybridized carbons (Fsp3) is 1.00. The van der Waals surface area contributed by atoms with Crippen LogP contribution in [0.25, 0.3) is 0 Å². The molecule has 1 atom stereocenters. The first-order chi connectivity index (χ1) is 6.88. The zero-order valence-electron chi connectivity index (χ0n) is 9.34. The first kappa shape index (κ1) is 12.0. The van der Waals surface area contributed by atoms with Crippen molar-refractivity contribution in [3.05, 3.63) is 0 Å². The van der Waals surface area contributed by atoms with Crippen LogP contribution in [-0.2, 0) is 0 Å². The lowest BCUT2D eigenvalue weighted by molar-refractivity contribution is 0.118. The van der Waals surface area contributed by atoms with E-state index in [0.29, 0.717) is 12.6 Å². The molecule has 1 heterocycles. The Morgan fingerprint density at radius 2 is 2.29 bits per heavy atom. The zero-order chi connectivity index (χ0) is 10.2. The fourth-order valence-electron chi connectivity index (χ4n) is 2.29. The molecule has 0 aromatic rings. The molecule has 0 bridgehead atoms. The Hall–Kier alpha value is -0.120. The Morgan fingerprint density at radius 1 is 1.43 bits per heavy atom. The summed E-state index contributed by atoms with van der Waals surface area (Å²) >= 11 is 0. The molecule has 84 valence electrons. The first-order valence-corrected chi connectivity index (χ1v) is 5.88. The summed E-state index contributed by atoms with van der Waals surface area (Å²) in [4.78, 5) is 2.55. The van der Waals surface area contributed by atoms with Crippen molar-refractivity contribution in [1.82, 2.24) is 10.2 Å². The van der Waals surface area contributed by atoms with Crippen molar-refractivity contribution in [2.75, 3.05) is 33.3 Å². The molecule has 0 radical (unpaired) electrons. The van der Waals surface area contributed by atoms with Crippen LogP contribution in [0.3, 0.4) is 0 Å². The molecule has 14 heavy (non-hydrogen) atoms. The van der Waals surface area contributed by atoms with Gasteiger partial charge >= 0.3 is 0 Å². The minimum Gasteiger partial charge on any atom is -0.396 e. The second-order valence-electron chi connectivity index (χ2n) is 4.15. The molecule has 0 saturated carbocycles. The Labute approximate surface area is 87.5 Å². The van der Waals surface area contributed by atoms with Crippen LogP contribution in [0.5, 0.6) is 0 Å². The molecule has 0 aromatic carbocycles. The molecule has 1 aliphatic rings. The average Bonchev–Trinajstić information content (AvgIpc) is 2.21. The highest BCUT2D eigenvalue weighted by atomic mass is 16.3. The van der Waals surface area contributed by atoms with Crippen LogP contribution in [0.15, 0.2) is 0 Å². The summed E-state index contributed by atoms with van der Waals surface area (Å²) in [5.74, 6) is 0.